The number of benzene rings is 1. The molecule has 8 nitrogen and oxygen atoms in total. The molecule has 0 unspecified atom stereocenters. The molecule has 0 N–H and O–H groups in total. The average Bonchev–Trinajstić information content (AvgIpc) is 3.47. The van der Waals surface area contributed by atoms with E-state index in [1.54, 1.807) is 11.6 Å². The van der Waals surface area contributed by atoms with Crippen molar-refractivity contribution in [1.29, 1.82) is 0 Å². The molecule has 4 heterocycles. The minimum absolute atomic E-state index is 0.00618. The molecule has 0 radical (unpaired) electrons. The lowest BCUT2D eigenvalue weighted by atomic mass is 10.2. The van der Waals surface area contributed by atoms with Crippen LogP contribution in [0.15, 0.2) is 50.5 Å². The zero-order valence-corrected chi connectivity index (χ0v) is 20.2. The van der Waals surface area contributed by atoms with Crippen LogP contribution < -0.4 is 11.1 Å². The molecular weight excluding hydrogens is 456 g/mol. The first kappa shape index (κ1) is 21.8. The van der Waals surface area contributed by atoms with E-state index in [0.29, 0.717) is 44.7 Å². The van der Waals surface area contributed by atoms with Gasteiger partial charge < -0.3 is 0 Å². The summed E-state index contributed by atoms with van der Waals surface area (Å²) < 4.78 is 5.91. The summed E-state index contributed by atoms with van der Waals surface area (Å²) in [5, 5.41) is 11.8. The van der Waals surface area contributed by atoms with Crippen molar-refractivity contribution in [1.82, 2.24) is 28.7 Å². The Hall–Kier alpha value is -2.98. The Morgan fingerprint density at radius 3 is 2.73 bits per heavy atom. The summed E-state index contributed by atoms with van der Waals surface area (Å²) >= 11 is 2.89. The minimum Gasteiger partial charge on any atom is -0.287 e. The van der Waals surface area contributed by atoms with Crippen molar-refractivity contribution in [2.24, 2.45) is 7.05 Å². The van der Waals surface area contributed by atoms with Gasteiger partial charge in [0.15, 0.2) is 5.16 Å². The third-order valence-electron chi connectivity index (χ3n) is 5.79. The molecule has 0 aliphatic carbocycles. The summed E-state index contributed by atoms with van der Waals surface area (Å²) in [6, 6.07) is 9.40. The Labute approximate surface area is 197 Å². The zero-order chi connectivity index (χ0) is 22.9. The van der Waals surface area contributed by atoms with Gasteiger partial charge in [-0.25, -0.2) is 4.98 Å². The normalized spacial score (nSPS) is 11.8. The number of para-hydroxylation sites is 1. The fourth-order valence-electron chi connectivity index (χ4n) is 4.03. The predicted octanol–water partition coefficient (Wildman–Crippen LogP) is 4.23. The average molecular weight is 481 g/mol. The lowest BCUT2D eigenvalue weighted by Gasteiger charge is -2.13. The van der Waals surface area contributed by atoms with Crippen molar-refractivity contribution in [3.63, 3.8) is 0 Å². The van der Waals surface area contributed by atoms with Crippen LogP contribution in [0.5, 0.6) is 0 Å². The Kier molecular flexibility index (Phi) is 6.03. The van der Waals surface area contributed by atoms with E-state index >= 15 is 0 Å². The van der Waals surface area contributed by atoms with Crippen LogP contribution in [0.4, 0.5) is 0 Å². The number of hydrogen-bond donors (Lipinski definition) is 0. The van der Waals surface area contributed by atoms with Gasteiger partial charge in [0.25, 0.3) is 11.1 Å². The van der Waals surface area contributed by atoms with E-state index in [0.717, 1.165) is 31.2 Å². The highest BCUT2D eigenvalue weighted by molar-refractivity contribution is 7.98. The van der Waals surface area contributed by atoms with E-state index in [2.05, 4.69) is 17.1 Å². The van der Waals surface area contributed by atoms with E-state index in [9.17, 15) is 9.59 Å². The van der Waals surface area contributed by atoms with Crippen LogP contribution in [0.3, 0.4) is 0 Å². The molecule has 0 aliphatic heterocycles. The number of thioether (sulfide) groups is 1. The quantitative estimate of drug-likeness (QED) is 0.188. The fraction of sp³-hybridized carbons (Fsp3) is 0.348. The topological polar surface area (TPSA) is 87.1 Å². The van der Waals surface area contributed by atoms with Crippen LogP contribution in [-0.4, -0.2) is 28.7 Å². The minimum atomic E-state index is -0.0729. The molecule has 0 aliphatic rings. The lowest BCUT2D eigenvalue weighted by molar-refractivity contribution is 0.531. The summed E-state index contributed by atoms with van der Waals surface area (Å²) in [6.07, 6.45) is 4.32. The molecule has 4 aromatic heterocycles. The number of aromatic nitrogens is 6. The monoisotopic (exact) mass is 480 g/mol. The Morgan fingerprint density at radius 1 is 1.03 bits per heavy atom. The Morgan fingerprint density at radius 2 is 1.88 bits per heavy atom. The van der Waals surface area contributed by atoms with E-state index in [1.165, 1.54) is 27.7 Å². The molecular formula is C23H24N6O2S2. The highest BCUT2D eigenvalue weighted by Crippen LogP contribution is 2.25. The van der Waals surface area contributed by atoms with Crippen LogP contribution in [0, 0.1) is 0 Å². The molecule has 0 spiro atoms. The van der Waals surface area contributed by atoms with Gasteiger partial charge in [-0.1, -0.05) is 50.1 Å². The summed E-state index contributed by atoms with van der Waals surface area (Å²) in [6.45, 7) is 2.82. The van der Waals surface area contributed by atoms with Gasteiger partial charge in [-0.2, -0.15) is 0 Å². The molecule has 0 amide bonds. The highest BCUT2D eigenvalue weighted by Gasteiger charge is 2.17. The molecule has 0 bridgehead atoms. The second-order valence-electron chi connectivity index (χ2n) is 7.97. The van der Waals surface area contributed by atoms with Crippen molar-refractivity contribution >= 4 is 50.0 Å². The van der Waals surface area contributed by atoms with E-state index in [1.807, 2.05) is 40.1 Å². The molecule has 1 aromatic carbocycles. The van der Waals surface area contributed by atoms with Crippen molar-refractivity contribution in [2.45, 2.75) is 50.1 Å². The van der Waals surface area contributed by atoms with Gasteiger partial charge in [0.05, 0.1) is 22.2 Å². The summed E-state index contributed by atoms with van der Waals surface area (Å²) in [5.41, 5.74) is 1.43. The molecule has 33 heavy (non-hydrogen) atoms. The van der Waals surface area contributed by atoms with E-state index < -0.39 is 0 Å². The maximum atomic E-state index is 13.2. The van der Waals surface area contributed by atoms with Crippen LogP contribution >= 0.6 is 23.1 Å². The van der Waals surface area contributed by atoms with Gasteiger partial charge >= 0.3 is 0 Å². The third kappa shape index (κ3) is 3.87. The number of thiophene rings is 1. The molecule has 0 saturated carbocycles. The lowest BCUT2D eigenvalue weighted by Crippen LogP contribution is -2.23. The van der Waals surface area contributed by atoms with Crippen LogP contribution in [0.1, 0.15) is 38.4 Å². The van der Waals surface area contributed by atoms with Gasteiger partial charge in [-0.15, -0.1) is 21.5 Å². The first-order valence-electron chi connectivity index (χ1n) is 11.0. The summed E-state index contributed by atoms with van der Waals surface area (Å²) in [5.74, 6) is 1.70. The molecule has 0 fully saturated rings. The molecule has 5 aromatic rings. The number of unbranched alkanes of at least 4 members (excludes halogenated alkanes) is 3. The number of nitrogens with zero attached hydrogens (tertiary/aromatic N) is 6. The maximum Gasteiger partial charge on any atom is 0.272 e. The molecule has 5 rings (SSSR count). The molecule has 10 heteroatoms. The van der Waals surface area contributed by atoms with Gasteiger partial charge in [0.1, 0.15) is 10.5 Å². The first-order valence-corrected chi connectivity index (χ1v) is 12.9. The number of hydrogen-bond acceptors (Lipinski definition) is 7. The Bertz CT molecular complexity index is 1580. The summed E-state index contributed by atoms with van der Waals surface area (Å²) in [4.78, 5) is 30.6. The second-order valence-corrected chi connectivity index (χ2v) is 9.83. The van der Waals surface area contributed by atoms with Crippen LogP contribution in [0.25, 0.3) is 26.9 Å². The van der Waals surface area contributed by atoms with E-state index in [-0.39, 0.29) is 11.1 Å². The standard InChI is InChI=1S/C23H24N6O2S2/c1-3-4-5-8-12-28-20(30)15-9-6-7-10-16(15)24-23(28)33-14-18-25-26-22-27(2)21(31)19-17(29(18)22)11-13-32-19/h6-7,9-11,13H,3-5,8,12,14H2,1-2H3. The first-order chi connectivity index (χ1) is 16.1. The van der Waals surface area contributed by atoms with Gasteiger partial charge in [0, 0.05) is 13.6 Å². The van der Waals surface area contributed by atoms with E-state index in [4.69, 9.17) is 4.98 Å². The number of rotatable bonds is 8. The largest absolute Gasteiger partial charge is 0.287 e. The predicted molar refractivity (Wildman–Crippen MR) is 133 cm³/mol. The molecule has 0 atom stereocenters. The van der Waals surface area contributed by atoms with Crippen LogP contribution in [0.2, 0.25) is 0 Å². The third-order valence-corrected chi connectivity index (χ3v) is 7.65. The van der Waals surface area contributed by atoms with Gasteiger partial charge in [-0.3, -0.25) is 23.1 Å². The molecule has 0 saturated heterocycles. The summed E-state index contributed by atoms with van der Waals surface area (Å²) in [7, 11) is 1.71. The Balaban J connectivity index is 1.54. The number of aryl methyl sites for hydroxylation is 1. The van der Waals surface area contributed by atoms with Crippen molar-refractivity contribution in [3.8, 4) is 0 Å². The van der Waals surface area contributed by atoms with Crippen molar-refractivity contribution in [3.05, 3.63) is 62.2 Å². The van der Waals surface area contributed by atoms with Gasteiger partial charge in [0.2, 0.25) is 5.78 Å². The second kappa shape index (κ2) is 9.11. The number of fused-ring (bicyclic) bond motifs is 4. The zero-order valence-electron chi connectivity index (χ0n) is 18.5. The van der Waals surface area contributed by atoms with Crippen molar-refractivity contribution in [2.75, 3.05) is 0 Å². The van der Waals surface area contributed by atoms with Crippen LogP contribution in [-0.2, 0) is 19.3 Å². The van der Waals surface area contributed by atoms with Gasteiger partial charge in [-0.05, 0) is 30.0 Å². The SMILES string of the molecule is CCCCCCn1c(SCc2nnc3n(C)c(=O)c4sccc4n23)nc2ccccc2c1=O. The van der Waals surface area contributed by atoms with Crippen molar-refractivity contribution < 1.29 is 0 Å². The highest BCUT2D eigenvalue weighted by atomic mass is 32.2. The molecule has 170 valence electrons. The smallest absolute Gasteiger partial charge is 0.272 e. The fourth-order valence-corrected chi connectivity index (χ4v) is 5.82. The maximum absolute atomic E-state index is 13.2.